The summed E-state index contributed by atoms with van der Waals surface area (Å²) in [4.78, 5) is 11.9. The zero-order chi connectivity index (χ0) is 14.7. The maximum absolute atomic E-state index is 11.9. The lowest BCUT2D eigenvalue weighted by atomic mass is 10.0. The fourth-order valence-corrected chi connectivity index (χ4v) is 2.32. The Morgan fingerprint density at radius 1 is 1.20 bits per heavy atom. The third-order valence-electron chi connectivity index (χ3n) is 3.54. The van der Waals surface area contributed by atoms with Gasteiger partial charge in [0, 0.05) is 22.1 Å². The summed E-state index contributed by atoms with van der Waals surface area (Å²) in [6, 6.07) is 7.95. The highest BCUT2D eigenvalue weighted by atomic mass is 16.5. The maximum atomic E-state index is 11.9. The number of carbonyl (C=O) groups is 1. The number of carbonyl (C=O) groups excluding carboxylic acids is 1. The summed E-state index contributed by atoms with van der Waals surface area (Å²) >= 11 is 0. The number of benzene rings is 1. The average molecular weight is 272 g/mol. The second-order valence-corrected chi connectivity index (χ2v) is 4.73. The van der Waals surface area contributed by atoms with Crippen molar-refractivity contribution in [2.24, 2.45) is 0 Å². The minimum atomic E-state index is -0.285. The number of fused-ring (bicyclic) bond motifs is 1. The summed E-state index contributed by atoms with van der Waals surface area (Å²) in [6.07, 6.45) is 0.861. The Morgan fingerprint density at radius 2 is 1.90 bits per heavy atom. The fraction of sp³-hybridized carbons (Fsp3) is 0.353. The van der Waals surface area contributed by atoms with Gasteiger partial charge in [0.2, 0.25) is 0 Å². The highest BCUT2D eigenvalue weighted by Crippen LogP contribution is 2.32. The highest BCUT2D eigenvalue weighted by Gasteiger charge is 2.18. The lowest BCUT2D eigenvalue weighted by molar-refractivity contribution is -0.138. The number of hydrogen-bond donors (Lipinski definition) is 0. The monoisotopic (exact) mass is 272 g/mol. The van der Waals surface area contributed by atoms with Crippen LogP contribution in [-0.2, 0) is 16.0 Å². The van der Waals surface area contributed by atoms with Gasteiger partial charge in [-0.25, -0.2) is 4.79 Å². The molecule has 1 aromatic heterocycles. The zero-order valence-electron chi connectivity index (χ0n) is 12.4. The van der Waals surface area contributed by atoms with Gasteiger partial charge in [0.15, 0.2) is 0 Å². The van der Waals surface area contributed by atoms with E-state index >= 15 is 0 Å². The van der Waals surface area contributed by atoms with Gasteiger partial charge in [0.05, 0.1) is 6.61 Å². The molecule has 0 saturated carbocycles. The van der Waals surface area contributed by atoms with Crippen molar-refractivity contribution < 1.29 is 13.9 Å². The van der Waals surface area contributed by atoms with Crippen molar-refractivity contribution >= 4 is 22.5 Å². The highest BCUT2D eigenvalue weighted by molar-refractivity contribution is 5.98. The van der Waals surface area contributed by atoms with Gasteiger partial charge in [-0.05, 0) is 33.3 Å². The molecule has 0 N–H and O–H groups in total. The Hall–Kier alpha value is -2.03. The summed E-state index contributed by atoms with van der Waals surface area (Å²) < 4.78 is 11.0. The second-order valence-electron chi connectivity index (χ2n) is 4.73. The molecule has 0 saturated heterocycles. The molecule has 3 heteroatoms. The number of esters is 1. The summed E-state index contributed by atoms with van der Waals surface area (Å²) in [7, 11) is 0. The van der Waals surface area contributed by atoms with Crippen molar-refractivity contribution in [2.75, 3.05) is 6.61 Å². The maximum Gasteiger partial charge on any atom is 0.334 e. The average Bonchev–Trinajstić information content (AvgIpc) is 2.84. The predicted octanol–water partition coefficient (Wildman–Crippen LogP) is 4.35. The lowest BCUT2D eigenvalue weighted by Gasteiger charge is -2.06. The normalized spacial score (nSPS) is 12.4. The number of aryl methyl sites for hydroxylation is 1. The predicted molar refractivity (Wildman–Crippen MR) is 80.5 cm³/mol. The standard InChI is InChI=1S/C17H20O3/c1-5-13-14-9-7-8-10-15(14)20-16(13)11(3)12(4)17(18)19-6-2/h7-10H,5-6H2,1-4H3/b12-11-. The van der Waals surface area contributed by atoms with Crippen LogP contribution in [0.1, 0.15) is 39.0 Å². The van der Waals surface area contributed by atoms with Gasteiger partial charge in [0.1, 0.15) is 11.3 Å². The molecule has 0 amide bonds. The smallest absolute Gasteiger partial charge is 0.334 e. The molecule has 0 radical (unpaired) electrons. The molecule has 2 rings (SSSR count). The molecule has 2 aromatic rings. The molecule has 0 aliphatic heterocycles. The third kappa shape index (κ3) is 2.48. The van der Waals surface area contributed by atoms with Crippen LogP contribution in [0.2, 0.25) is 0 Å². The first kappa shape index (κ1) is 14.4. The van der Waals surface area contributed by atoms with Crippen molar-refractivity contribution in [3.8, 4) is 0 Å². The number of allylic oxidation sites excluding steroid dienone is 1. The van der Waals surface area contributed by atoms with E-state index in [2.05, 4.69) is 6.92 Å². The molecule has 0 bridgehead atoms. The second kappa shape index (κ2) is 5.95. The minimum Gasteiger partial charge on any atom is -0.463 e. The number of ether oxygens (including phenoxy) is 1. The Bertz CT molecular complexity index is 662. The van der Waals surface area contributed by atoms with Gasteiger partial charge in [-0.15, -0.1) is 0 Å². The van der Waals surface area contributed by atoms with Gasteiger partial charge in [-0.1, -0.05) is 25.1 Å². The molecular weight excluding hydrogens is 252 g/mol. The first-order valence-electron chi connectivity index (χ1n) is 6.95. The van der Waals surface area contributed by atoms with Gasteiger partial charge >= 0.3 is 5.97 Å². The van der Waals surface area contributed by atoms with Crippen LogP contribution in [0, 0.1) is 0 Å². The summed E-state index contributed by atoms with van der Waals surface area (Å²) in [5.41, 5.74) is 3.44. The van der Waals surface area contributed by atoms with Crippen molar-refractivity contribution in [3.63, 3.8) is 0 Å². The van der Waals surface area contributed by atoms with Gasteiger partial charge < -0.3 is 9.15 Å². The van der Waals surface area contributed by atoms with E-state index in [4.69, 9.17) is 9.15 Å². The molecule has 20 heavy (non-hydrogen) atoms. The number of furan rings is 1. The quantitative estimate of drug-likeness (QED) is 0.613. The molecule has 0 aliphatic rings. The van der Waals surface area contributed by atoms with E-state index < -0.39 is 0 Å². The first-order chi connectivity index (χ1) is 9.60. The molecule has 1 aromatic carbocycles. The van der Waals surface area contributed by atoms with Crippen LogP contribution in [-0.4, -0.2) is 12.6 Å². The SMILES string of the molecule is CCOC(=O)/C(C)=C(/C)c1oc2ccccc2c1CC. The molecule has 0 spiro atoms. The van der Waals surface area contributed by atoms with Crippen molar-refractivity contribution in [3.05, 3.63) is 41.2 Å². The third-order valence-corrected chi connectivity index (χ3v) is 3.54. The molecule has 0 unspecified atom stereocenters. The van der Waals surface area contributed by atoms with Crippen LogP contribution in [0.15, 0.2) is 34.3 Å². The Balaban J connectivity index is 2.57. The Kier molecular flexibility index (Phi) is 4.28. The fourth-order valence-electron chi connectivity index (χ4n) is 2.32. The summed E-state index contributed by atoms with van der Waals surface area (Å²) in [6.45, 7) is 7.96. The molecule has 106 valence electrons. The molecule has 3 nitrogen and oxygen atoms in total. The van der Waals surface area contributed by atoms with Gasteiger partial charge in [0.25, 0.3) is 0 Å². The van der Waals surface area contributed by atoms with E-state index in [9.17, 15) is 4.79 Å². The van der Waals surface area contributed by atoms with E-state index in [1.54, 1.807) is 13.8 Å². The largest absolute Gasteiger partial charge is 0.463 e. The van der Waals surface area contributed by atoms with Crippen LogP contribution in [0.4, 0.5) is 0 Å². The molecule has 0 aliphatic carbocycles. The van der Waals surface area contributed by atoms with Crippen LogP contribution in [0.3, 0.4) is 0 Å². The van der Waals surface area contributed by atoms with Crippen molar-refractivity contribution in [1.82, 2.24) is 0 Å². The number of rotatable bonds is 4. The van der Waals surface area contributed by atoms with Crippen LogP contribution in [0.5, 0.6) is 0 Å². The van der Waals surface area contributed by atoms with Crippen LogP contribution in [0.25, 0.3) is 16.5 Å². The first-order valence-corrected chi connectivity index (χ1v) is 6.95. The molecule has 0 fully saturated rings. The summed E-state index contributed by atoms with van der Waals surface area (Å²) in [5, 5.41) is 1.11. The van der Waals surface area contributed by atoms with Crippen molar-refractivity contribution in [1.29, 1.82) is 0 Å². The topological polar surface area (TPSA) is 39.4 Å². The number of para-hydroxylation sites is 1. The van der Waals surface area contributed by atoms with E-state index in [0.717, 1.165) is 34.3 Å². The number of hydrogen-bond acceptors (Lipinski definition) is 3. The van der Waals surface area contributed by atoms with E-state index in [1.165, 1.54) is 0 Å². The summed E-state index contributed by atoms with van der Waals surface area (Å²) in [5.74, 6) is 0.506. The minimum absolute atomic E-state index is 0.285. The van der Waals surface area contributed by atoms with E-state index in [1.807, 2.05) is 31.2 Å². The molecule has 1 heterocycles. The zero-order valence-corrected chi connectivity index (χ0v) is 12.4. The van der Waals surface area contributed by atoms with Gasteiger partial charge in [-0.2, -0.15) is 0 Å². The van der Waals surface area contributed by atoms with Gasteiger partial charge in [-0.3, -0.25) is 0 Å². The Labute approximate surface area is 119 Å². The molecular formula is C17H20O3. The van der Waals surface area contributed by atoms with Crippen molar-refractivity contribution in [2.45, 2.75) is 34.1 Å². The van der Waals surface area contributed by atoms with E-state index in [0.29, 0.717) is 12.2 Å². The lowest BCUT2D eigenvalue weighted by Crippen LogP contribution is -2.07. The van der Waals surface area contributed by atoms with Crippen LogP contribution < -0.4 is 0 Å². The van der Waals surface area contributed by atoms with Crippen LogP contribution >= 0.6 is 0 Å². The Morgan fingerprint density at radius 3 is 2.55 bits per heavy atom. The van der Waals surface area contributed by atoms with E-state index in [-0.39, 0.29) is 5.97 Å². The molecule has 0 atom stereocenters.